The summed E-state index contributed by atoms with van der Waals surface area (Å²) < 4.78 is 5.77. The Balaban J connectivity index is 2.05. The molecule has 0 amide bonds. The van der Waals surface area contributed by atoms with Crippen molar-refractivity contribution in [3.05, 3.63) is 40.8 Å². The van der Waals surface area contributed by atoms with Crippen molar-refractivity contribution in [2.45, 2.75) is 32.7 Å². The smallest absolute Gasteiger partial charge is 0.156 e. The summed E-state index contributed by atoms with van der Waals surface area (Å²) in [7, 11) is 0. The zero-order chi connectivity index (χ0) is 17.0. The molecule has 2 N–H and O–H groups in total. The van der Waals surface area contributed by atoms with Gasteiger partial charge in [-0.25, -0.2) is 4.98 Å². The maximum atomic E-state index is 6.30. The highest BCUT2D eigenvalue weighted by Crippen LogP contribution is 2.29. The van der Waals surface area contributed by atoms with Gasteiger partial charge in [-0.15, -0.1) is 0 Å². The summed E-state index contributed by atoms with van der Waals surface area (Å²) in [5, 5.41) is 0.932. The summed E-state index contributed by atoms with van der Waals surface area (Å²) in [6, 6.07) is 5.34. The van der Waals surface area contributed by atoms with E-state index in [0.717, 1.165) is 17.7 Å². The average molecular weight is 354 g/mol. The van der Waals surface area contributed by atoms with Crippen LogP contribution in [0, 0.1) is 5.92 Å². The Hall–Kier alpha value is -1.36. The first-order valence-electron chi connectivity index (χ1n) is 7.44. The molecule has 23 heavy (non-hydrogen) atoms. The Kier molecular flexibility index (Phi) is 5.84. The van der Waals surface area contributed by atoms with E-state index in [9.17, 15) is 0 Å². The van der Waals surface area contributed by atoms with Crippen LogP contribution < -0.4 is 10.5 Å². The molecular formula is C17H21Cl2N3O. The van der Waals surface area contributed by atoms with Crippen molar-refractivity contribution in [1.29, 1.82) is 0 Å². The third-order valence-electron chi connectivity index (χ3n) is 3.24. The van der Waals surface area contributed by atoms with E-state index in [1.807, 2.05) is 19.9 Å². The van der Waals surface area contributed by atoms with E-state index < -0.39 is 0 Å². The molecule has 2 heterocycles. The first kappa shape index (κ1) is 18.0. The maximum absolute atomic E-state index is 6.30. The molecular weight excluding hydrogens is 333 g/mol. The van der Waals surface area contributed by atoms with Crippen LogP contribution in [0.15, 0.2) is 30.6 Å². The molecule has 1 atom stereocenters. The summed E-state index contributed by atoms with van der Waals surface area (Å²) in [6.45, 7) is 6.66. The minimum atomic E-state index is -0.213. The number of ether oxygens (including phenoxy) is 1. The average Bonchev–Trinajstić information content (AvgIpc) is 2.44. The van der Waals surface area contributed by atoms with Gasteiger partial charge in [0.15, 0.2) is 5.75 Å². The van der Waals surface area contributed by atoms with Crippen LogP contribution in [0.5, 0.6) is 5.75 Å². The SMILES string of the molecule is C[C@H](COc1cnc(-c2ccnc(Cl)c2)cc1Cl)CC(C)(C)N. The maximum Gasteiger partial charge on any atom is 0.156 e. The van der Waals surface area contributed by atoms with Crippen molar-refractivity contribution in [3.8, 4) is 17.0 Å². The number of hydrogen-bond donors (Lipinski definition) is 1. The summed E-state index contributed by atoms with van der Waals surface area (Å²) in [5.74, 6) is 0.891. The highest BCUT2D eigenvalue weighted by atomic mass is 35.5. The number of nitrogens with zero attached hydrogens (tertiary/aromatic N) is 2. The zero-order valence-electron chi connectivity index (χ0n) is 13.5. The predicted molar refractivity (Wildman–Crippen MR) is 95.0 cm³/mol. The summed E-state index contributed by atoms with van der Waals surface area (Å²) in [5.41, 5.74) is 7.39. The molecule has 2 aromatic heterocycles. The quantitative estimate of drug-likeness (QED) is 0.771. The van der Waals surface area contributed by atoms with Crippen LogP contribution in [0.4, 0.5) is 0 Å². The molecule has 0 saturated heterocycles. The fourth-order valence-corrected chi connectivity index (χ4v) is 2.81. The van der Waals surface area contributed by atoms with Gasteiger partial charge in [0.2, 0.25) is 0 Å². The van der Waals surface area contributed by atoms with Gasteiger partial charge >= 0.3 is 0 Å². The van der Waals surface area contributed by atoms with Crippen molar-refractivity contribution in [2.75, 3.05) is 6.61 Å². The van der Waals surface area contributed by atoms with Gasteiger partial charge in [0.05, 0.1) is 23.5 Å². The normalized spacial score (nSPS) is 13.0. The second-order valence-corrected chi connectivity index (χ2v) is 7.27. The van der Waals surface area contributed by atoms with E-state index >= 15 is 0 Å². The fourth-order valence-electron chi connectivity index (χ4n) is 2.43. The molecule has 0 saturated carbocycles. The molecule has 2 aromatic rings. The monoisotopic (exact) mass is 353 g/mol. The number of pyridine rings is 2. The molecule has 0 fully saturated rings. The lowest BCUT2D eigenvalue weighted by molar-refractivity contribution is 0.229. The lowest BCUT2D eigenvalue weighted by atomic mass is 9.93. The van der Waals surface area contributed by atoms with Crippen LogP contribution in [0.2, 0.25) is 10.2 Å². The number of nitrogens with two attached hydrogens (primary N) is 1. The van der Waals surface area contributed by atoms with Gasteiger partial charge in [-0.2, -0.15) is 0 Å². The lowest BCUT2D eigenvalue weighted by Crippen LogP contribution is -2.35. The molecule has 0 aromatic carbocycles. The number of rotatable bonds is 6. The standard InChI is InChI=1S/C17H21Cl2N3O/c1-11(8-17(2,3)20)10-23-15-9-22-14(7-13(15)18)12-4-5-21-16(19)6-12/h4-7,9,11H,8,10,20H2,1-3H3/t11-/m0/s1. The van der Waals surface area contributed by atoms with Crippen LogP contribution in [-0.2, 0) is 0 Å². The van der Waals surface area contributed by atoms with Crippen molar-refractivity contribution in [2.24, 2.45) is 11.7 Å². The van der Waals surface area contributed by atoms with Gasteiger partial charge in [-0.1, -0.05) is 30.1 Å². The molecule has 0 unspecified atom stereocenters. The molecule has 0 aliphatic carbocycles. The topological polar surface area (TPSA) is 61.0 Å². The van der Waals surface area contributed by atoms with Crippen molar-refractivity contribution < 1.29 is 4.74 Å². The molecule has 0 bridgehead atoms. The molecule has 0 aliphatic heterocycles. The summed E-state index contributed by atoms with van der Waals surface area (Å²) in [4.78, 5) is 8.34. The van der Waals surface area contributed by atoms with E-state index in [-0.39, 0.29) is 5.54 Å². The van der Waals surface area contributed by atoms with Crippen LogP contribution >= 0.6 is 23.2 Å². The first-order valence-corrected chi connectivity index (χ1v) is 8.19. The number of aromatic nitrogens is 2. The van der Waals surface area contributed by atoms with Crippen molar-refractivity contribution in [3.63, 3.8) is 0 Å². The van der Waals surface area contributed by atoms with Crippen molar-refractivity contribution >= 4 is 23.2 Å². The number of halogens is 2. The van der Waals surface area contributed by atoms with Gasteiger partial charge in [-0.05, 0) is 44.4 Å². The summed E-state index contributed by atoms with van der Waals surface area (Å²) in [6.07, 6.45) is 4.13. The third kappa shape index (κ3) is 5.65. The highest BCUT2D eigenvalue weighted by Gasteiger charge is 2.16. The zero-order valence-corrected chi connectivity index (χ0v) is 15.0. The van der Waals surface area contributed by atoms with Gasteiger partial charge in [-0.3, -0.25) is 4.98 Å². The van der Waals surface area contributed by atoms with E-state index in [0.29, 0.717) is 28.5 Å². The van der Waals surface area contributed by atoms with E-state index in [4.69, 9.17) is 33.7 Å². The molecule has 4 nitrogen and oxygen atoms in total. The molecule has 2 rings (SSSR count). The Morgan fingerprint density at radius 1 is 1.26 bits per heavy atom. The third-order valence-corrected chi connectivity index (χ3v) is 3.74. The van der Waals surface area contributed by atoms with Gasteiger partial charge in [0, 0.05) is 17.3 Å². The Morgan fingerprint density at radius 3 is 2.61 bits per heavy atom. The first-order chi connectivity index (χ1) is 10.7. The van der Waals surface area contributed by atoms with E-state index in [2.05, 4.69) is 16.9 Å². The fraction of sp³-hybridized carbons (Fsp3) is 0.412. The molecule has 0 radical (unpaired) electrons. The lowest BCUT2D eigenvalue weighted by Gasteiger charge is -2.23. The largest absolute Gasteiger partial charge is 0.490 e. The minimum Gasteiger partial charge on any atom is -0.490 e. The molecule has 6 heteroatoms. The van der Waals surface area contributed by atoms with Gasteiger partial charge in [0.1, 0.15) is 5.15 Å². The predicted octanol–water partition coefficient (Wildman–Crippen LogP) is 4.59. The Bertz CT molecular complexity index is 671. The minimum absolute atomic E-state index is 0.213. The van der Waals surface area contributed by atoms with Crippen LogP contribution in [0.1, 0.15) is 27.2 Å². The Morgan fingerprint density at radius 2 is 2.00 bits per heavy atom. The second kappa shape index (κ2) is 7.47. The van der Waals surface area contributed by atoms with E-state index in [1.54, 1.807) is 24.5 Å². The van der Waals surface area contributed by atoms with E-state index in [1.165, 1.54) is 0 Å². The van der Waals surface area contributed by atoms with Gasteiger partial charge in [0.25, 0.3) is 0 Å². The summed E-state index contributed by atoms with van der Waals surface area (Å²) >= 11 is 12.2. The van der Waals surface area contributed by atoms with Crippen LogP contribution in [0.3, 0.4) is 0 Å². The molecule has 0 aliphatic rings. The molecule has 124 valence electrons. The van der Waals surface area contributed by atoms with Crippen LogP contribution in [-0.4, -0.2) is 22.1 Å². The highest BCUT2D eigenvalue weighted by molar-refractivity contribution is 6.32. The van der Waals surface area contributed by atoms with Crippen molar-refractivity contribution in [1.82, 2.24) is 9.97 Å². The second-order valence-electron chi connectivity index (χ2n) is 6.48. The van der Waals surface area contributed by atoms with Gasteiger partial charge < -0.3 is 10.5 Å². The number of hydrogen-bond acceptors (Lipinski definition) is 4. The molecule has 0 spiro atoms. The Labute approximate surface area is 147 Å². The van der Waals surface area contributed by atoms with Crippen LogP contribution in [0.25, 0.3) is 11.3 Å².